The fourth-order valence-corrected chi connectivity index (χ4v) is 1.03. The molecule has 0 aliphatic heterocycles. The van der Waals surface area contributed by atoms with Crippen LogP contribution in [0.5, 0.6) is 0 Å². The molecular weight excluding hydrogens is 299 g/mol. The molecule has 0 unspecified atom stereocenters. The van der Waals surface area contributed by atoms with Gasteiger partial charge < -0.3 is 4.29 Å². The zero-order valence-corrected chi connectivity index (χ0v) is 12.9. The van der Waals surface area contributed by atoms with E-state index in [-0.39, 0.29) is 26.2 Å². The van der Waals surface area contributed by atoms with E-state index >= 15 is 0 Å². The molecule has 0 aromatic rings. The van der Waals surface area contributed by atoms with E-state index in [1.807, 2.05) is 0 Å². The second kappa shape index (κ2) is 13.2. The van der Waals surface area contributed by atoms with Crippen LogP contribution >= 0.6 is 11.9 Å². The summed E-state index contributed by atoms with van der Waals surface area (Å²) in [6.45, 7) is 4.12. The predicted octanol–water partition coefficient (Wildman–Crippen LogP) is 4.34. The molecule has 16 heavy (non-hydrogen) atoms. The Kier molecular flexibility index (Phi) is 15.2. The minimum atomic E-state index is 0. The molecular formula is C13H16ClOZr. The second-order valence-electron chi connectivity index (χ2n) is 3.04. The van der Waals surface area contributed by atoms with E-state index in [0.29, 0.717) is 0 Å². The topological polar surface area (TPSA) is 9.23 Å². The van der Waals surface area contributed by atoms with Crippen molar-refractivity contribution in [3.63, 3.8) is 0 Å². The summed E-state index contributed by atoms with van der Waals surface area (Å²) in [5.41, 5.74) is 2.55. The fraction of sp³-hybridized carbons (Fsp3) is 0.308. The minimum absolute atomic E-state index is 0. The first-order valence-corrected chi connectivity index (χ1v) is 5.02. The molecule has 1 radical (unpaired) electrons. The summed E-state index contributed by atoms with van der Waals surface area (Å²) in [4.78, 5) is 0. The maximum atomic E-state index is 4.39. The maximum Gasteiger partial charge on any atom is 3.00 e. The van der Waals surface area contributed by atoms with Gasteiger partial charge in [0.05, 0.1) is 0 Å². The molecule has 0 saturated heterocycles. The average molecular weight is 315 g/mol. The van der Waals surface area contributed by atoms with E-state index in [9.17, 15) is 0 Å². The zero-order chi connectivity index (χ0) is 11.5. The van der Waals surface area contributed by atoms with Crippen molar-refractivity contribution in [3.8, 4) is 0 Å². The van der Waals surface area contributed by atoms with Crippen molar-refractivity contribution in [2.24, 2.45) is 0 Å². The molecule has 1 nitrogen and oxygen atoms in total. The van der Waals surface area contributed by atoms with Crippen molar-refractivity contribution in [2.75, 3.05) is 0 Å². The van der Waals surface area contributed by atoms with Crippen molar-refractivity contribution in [2.45, 2.75) is 26.7 Å². The van der Waals surface area contributed by atoms with Gasteiger partial charge in [0.15, 0.2) is 0 Å². The molecule has 0 N–H and O–H groups in total. The summed E-state index contributed by atoms with van der Waals surface area (Å²) in [6.07, 6.45) is 16.7. The van der Waals surface area contributed by atoms with E-state index < -0.39 is 0 Å². The van der Waals surface area contributed by atoms with Crippen LogP contribution < -0.4 is 0 Å². The third kappa shape index (κ3) is 12.2. The van der Waals surface area contributed by atoms with Crippen LogP contribution in [0.1, 0.15) is 26.7 Å². The number of hydrogen-bond donors (Lipinski definition) is 0. The summed E-state index contributed by atoms with van der Waals surface area (Å²) in [5.74, 6) is 0. The van der Waals surface area contributed by atoms with Crippen LogP contribution in [-0.2, 0) is 30.5 Å². The Morgan fingerprint density at radius 3 is 1.50 bits per heavy atom. The molecule has 0 bridgehead atoms. The van der Waals surface area contributed by atoms with Gasteiger partial charge in [-0.15, -0.1) is 12.8 Å². The first kappa shape index (κ1) is 18.5. The van der Waals surface area contributed by atoms with Crippen molar-refractivity contribution in [1.29, 1.82) is 0 Å². The van der Waals surface area contributed by atoms with Crippen LogP contribution in [0.25, 0.3) is 0 Å². The van der Waals surface area contributed by atoms with Gasteiger partial charge in [0.2, 0.25) is 0 Å². The van der Waals surface area contributed by atoms with Gasteiger partial charge in [-0.25, -0.2) is 30.4 Å². The molecule has 2 aliphatic carbocycles. The van der Waals surface area contributed by atoms with E-state index in [2.05, 4.69) is 73.6 Å². The Morgan fingerprint density at radius 2 is 1.44 bits per heavy atom. The predicted molar refractivity (Wildman–Crippen MR) is 64.7 cm³/mol. The van der Waals surface area contributed by atoms with Gasteiger partial charge in [-0.05, 0) is 0 Å². The molecule has 0 fully saturated rings. The SMILES string of the molecule is CC1=[C-]CC=C1.CC1=[C-]CC=C1.[CH2-]OCl.[Zr+3]. The van der Waals surface area contributed by atoms with Gasteiger partial charge in [-0.2, -0.15) is 12.2 Å². The van der Waals surface area contributed by atoms with Gasteiger partial charge in [0, 0.05) is 11.9 Å². The molecule has 0 saturated carbocycles. The Balaban J connectivity index is 0. The van der Waals surface area contributed by atoms with Crippen molar-refractivity contribution in [1.82, 2.24) is 0 Å². The summed E-state index contributed by atoms with van der Waals surface area (Å²) in [5, 5.41) is 0. The summed E-state index contributed by atoms with van der Waals surface area (Å²) in [7, 11) is 2.75. The van der Waals surface area contributed by atoms with Crippen LogP contribution in [0.2, 0.25) is 0 Å². The van der Waals surface area contributed by atoms with Crippen molar-refractivity contribution < 1.29 is 30.5 Å². The summed E-state index contributed by atoms with van der Waals surface area (Å²) in [6, 6.07) is 0. The molecule has 0 heterocycles. The molecule has 0 spiro atoms. The Bertz CT molecular complexity index is 244. The number of hydrogen-bond acceptors (Lipinski definition) is 1. The van der Waals surface area contributed by atoms with Crippen LogP contribution in [0.3, 0.4) is 0 Å². The van der Waals surface area contributed by atoms with Crippen LogP contribution in [0.4, 0.5) is 0 Å². The quantitative estimate of drug-likeness (QED) is 0.604. The third-order valence-electron chi connectivity index (χ3n) is 1.73. The molecule has 0 aromatic carbocycles. The van der Waals surface area contributed by atoms with Gasteiger partial charge in [0.25, 0.3) is 0 Å². The Labute approximate surface area is 123 Å². The Morgan fingerprint density at radius 1 is 1.12 bits per heavy atom. The van der Waals surface area contributed by atoms with Gasteiger partial charge in [-0.3, -0.25) is 12.2 Å². The zero-order valence-electron chi connectivity index (χ0n) is 9.72. The molecule has 3 heteroatoms. The standard InChI is InChI=1S/2C6H7.CH2ClO.Zr/c2*1-6-4-2-3-5-6;1-3-2;/h2*2,4H,3H2,1H3;1H2;/q3*-1;+3. The van der Waals surface area contributed by atoms with Gasteiger partial charge in [-0.1, -0.05) is 13.8 Å². The normalized spacial score (nSPS) is 15.0. The Hall–Kier alpha value is 0.0931. The first-order chi connectivity index (χ1) is 7.20. The average Bonchev–Trinajstić information content (AvgIpc) is 2.81. The van der Waals surface area contributed by atoms with E-state index in [1.54, 1.807) is 0 Å². The van der Waals surface area contributed by atoms with Gasteiger partial charge in [0.1, 0.15) is 0 Å². The molecule has 2 rings (SSSR count). The first-order valence-electron chi connectivity index (χ1n) is 4.71. The van der Waals surface area contributed by atoms with Crippen LogP contribution in [0, 0.1) is 19.3 Å². The number of allylic oxidation sites excluding steroid dienone is 8. The van der Waals surface area contributed by atoms with Gasteiger partial charge >= 0.3 is 26.2 Å². The van der Waals surface area contributed by atoms with E-state index in [1.165, 1.54) is 11.1 Å². The smallest absolute Gasteiger partial charge is 0.459 e. The largest absolute Gasteiger partial charge is 3.00 e. The minimum Gasteiger partial charge on any atom is -0.459 e. The molecule has 2 aliphatic rings. The third-order valence-corrected chi connectivity index (χ3v) is 1.73. The number of halogens is 1. The fourth-order valence-electron chi connectivity index (χ4n) is 1.03. The summed E-state index contributed by atoms with van der Waals surface area (Å²) < 4.78 is 3.47. The molecule has 0 atom stereocenters. The van der Waals surface area contributed by atoms with E-state index in [0.717, 1.165) is 12.8 Å². The van der Waals surface area contributed by atoms with E-state index in [4.69, 9.17) is 0 Å². The monoisotopic (exact) mass is 313 g/mol. The number of rotatable bonds is 0. The summed E-state index contributed by atoms with van der Waals surface area (Å²) >= 11 is 4.39. The van der Waals surface area contributed by atoms with Crippen molar-refractivity contribution >= 4 is 11.9 Å². The molecule has 0 amide bonds. The van der Waals surface area contributed by atoms with Crippen LogP contribution in [-0.4, -0.2) is 0 Å². The van der Waals surface area contributed by atoms with Crippen molar-refractivity contribution in [3.05, 3.63) is 54.7 Å². The maximum absolute atomic E-state index is 4.39. The molecule has 0 aromatic heterocycles. The molecule has 85 valence electrons. The second-order valence-corrected chi connectivity index (χ2v) is 3.26. The van der Waals surface area contributed by atoms with Crippen LogP contribution in [0.15, 0.2) is 35.5 Å².